The number of fused-ring (bicyclic) bond motifs is 18. The van der Waals surface area contributed by atoms with Crippen molar-refractivity contribution in [1.29, 1.82) is 0 Å². The van der Waals surface area contributed by atoms with E-state index in [0.29, 0.717) is 0 Å². The van der Waals surface area contributed by atoms with E-state index in [0.717, 1.165) is 78.7 Å². The first-order chi connectivity index (χ1) is 35.7. The van der Waals surface area contributed by atoms with Gasteiger partial charge in [-0.25, -0.2) is 0 Å². The van der Waals surface area contributed by atoms with Crippen LogP contribution in [0, 0.1) is 0 Å². The Morgan fingerprint density at radius 1 is 0.403 bits per heavy atom. The maximum absolute atomic E-state index is 6.34. The normalized spacial score (nSPS) is 14.3. The van der Waals surface area contributed by atoms with Crippen molar-refractivity contribution in [2.24, 2.45) is 0 Å². The third-order valence-electron chi connectivity index (χ3n) is 15.9. The number of rotatable bonds is 6. The first kappa shape index (κ1) is 38.3. The minimum absolute atomic E-state index is 0.174. The molecule has 2 aliphatic rings. The number of furan rings is 2. The van der Waals surface area contributed by atoms with Gasteiger partial charge in [0.2, 0.25) is 0 Å². The summed E-state index contributed by atoms with van der Waals surface area (Å²) in [6.45, 7) is 0. The van der Waals surface area contributed by atoms with E-state index in [4.69, 9.17) is 8.83 Å². The Labute approximate surface area is 412 Å². The van der Waals surface area contributed by atoms with Gasteiger partial charge in [0.1, 0.15) is 22.3 Å². The van der Waals surface area contributed by atoms with Gasteiger partial charge in [0.15, 0.2) is 0 Å². The molecule has 15 aromatic rings. The van der Waals surface area contributed by atoms with Gasteiger partial charge in [0.25, 0.3) is 0 Å². The molecule has 17 rings (SSSR count). The monoisotopic (exact) mass is 920 g/mol. The topological polar surface area (TPSA) is 42.1 Å². The van der Waals surface area contributed by atoms with E-state index in [1.54, 1.807) is 0 Å². The highest BCUT2D eigenvalue weighted by Crippen LogP contribution is 2.56. The van der Waals surface area contributed by atoms with Crippen molar-refractivity contribution in [1.82, 2.24) is 8.97 Å². The van der Waals surface area contributed by atoms with Crippen molar-refractivity contribution in [2.75, 3.05) is 9.80 Å². The Morgan fingerprint density at radius 2 is 0.972 bits per heavy atom. The fraction of sp³-hybridized carbons (Fsp3) is 0.0303. The zero-order valence-electron chi connectivity index (χ0n) is 38.8. The lowest BCUT2D eigenvalue weighted by molar-refractivity contribution is 0.668. The first-order valence-corrected chi connectivity index (χ1v) is 24.9. The second kappa shape index (κ2) is 14.1. The lowest BCUT2D eigenvalue weighted by atomic mass is 9.85. The van der Waals surface area contributed by atoms with Crippen LogP contribution >= 0.6 is 0 Å². The summed E-state index contributed by atoms with van der Waals surface area (Å²) >= 11 is 0. The van der Waals surface area contributed by atoms with Crippen LogP contribution in [0.5, 0.6) is 0 Å². The average Bonchev–Trinajstić information content (AvgIpc) is 4.29. The number of para-hydroxylation sites is 6. The summed E-state index contributed by atoms with van der Waals surface area (Å²) in [6.07, 6.45) is 3.37. The molecule has 6 nitrogen and oxygen atoms in total. The fourth-order valence-electron chi connectivity index (χ4n) is 13.0. The Morgan fingerprint density at radius 3 is 1.67 bits per heavy atom. The summed E-state index contributed by atoms with van der Waals surface area (Å²) in [5.74, 6) is 0.174. The Hall–Kier alpha value is -9.52. The zero-order valence-corrected chi connectivity index (χ0v) is 38.8. The van der Waals surface area contributed by atoms with Crippen LogP contribution in [0.2, 0.25) is 0 Å². The summed E-state index contributed by atoms with van der Waals surface area (Å²) in [7, 11) is 0. The molecule has 0 saturated carbocycles. The number of hydrogen-bond donors (Lipinski definition) is 0. The number of anilines is 5. The molecule has 0 radical (unpaired) electrons. The first-order valence-electron chi connectivity index (χ1n) is 24.9. The SMILES string of the molecule is C1=C(N(c2ccccc2)c2ccc3oc4ccccc4c3c2)c2c3n(c4ccccc24)-c2cc4c5ccc(N(c6ccccc6)c6ccc7oc8ccccc8c7c6)c6c7ccccc7n(c4cc2C3C1)c56. The van der Waals surface area contributed by atoms with Crippen LogP contribution < -0.4 is 9.80 Å². The van der Waals surface area contributed by atoms with E-state index < -0.39 is 0 Å². The zero-order chi connectivity index (χ0) is 46.8. The maximum atomic E-state index is 6.34. The molecule has 0 amide bonds. The molecule has 0 bridgehead atoms. The van der Waals surface area contributed by atoms with E-state index in [2.05, 4.69) is 231 Å². The molecule has 72 heavy (non-hydrogen) atoms. The molecule has 6 heteroatoms. The predicted molar refractivity (Wildman–Crippen MR) is 297 cm³/mol. The van der Waals surface area contributed by atoms with Crippen LogP contribution in [-0.4, -0.2) is 8.97 Å². The van der Waals surface area contributed by atoms with Crippen LogP contribution in [0.15, 0.2) is 233 Å². The minimum atomic E-state index is 0.174. The summed E-state index contributed by atoms with van der Waals surface area (Å²) < 4.78 is 17.8. The number of nitrogens with zero attached hydrogens (tertiary/aromatic N) is 4. The number of hydrogen-bond acceptors (Lipinski definition) is 4. The minimum Gasteiger partial charge on any atom is -0.456 e. The molecule has 336 valence electrons. The second-order valence-corrected chi connectivity index (χ2v) is 19.5. The van der Waals surface area contributed by atoms with Gasteiger partial charge in [-0.15, -0.1) is 0 Å². The summed E-state index contributed by atoms with van der Waals surface area (Å²) in [5, 5.41) is 10.7. The van der Waals surface area contributed by atoms with Crippen LogP contribution in [-0.2, 0) is 0 Å². The van der Waals surface area contributed by atoms with Gasteiger partial charge in [-0.3, -0.25) is 0 Å². The van der Waals surface area contributed by atoms with Crippen molar-refractivity contribution in [3.8, 4) is 5.69 Å². The lowest BCUT2D eigenvalue weighted by Gasteiger charge is -2.32. The quantitative estimate of drug-likeness (QED) is 0.167. The van der Waals surface area contributed by atoms with Crippen molar-refractivity contribution < 1.29 is 8.83 Å². The molecule has 1 aliphatic heterocycles. The van der Waals surface area contributed by atoms with Gasteiger partial charge in [0, 0.05) is 88.4 Å². The molecule has 1 unspecified atom stereocenters. The molecule has 0 fully saturated rings. The molecular weight excluding hydrogens is 881 g/mol. The number of allylic oxidation sites excluding steroid dienone is 1. The Balaban J connectivity index is 0.884. The standard InChI is InChI=1S/C66H40N4O2/c1-3-15-39(16-4-1)67(41-27-33-61-51(35-41)43-19-9-13-25-59(43)71-61)55-31-29-45-49-37-58-50(38-57(49)69-53-23-11-7-21-47(53)63(55)65(45)69)46-30-32-56(64-48-22-8-12-24-54(48)70(58)66(46)64)68(40-17-5-2-6-18-40)42-28-34-62-52(36-42)44-20-10-14-26-60(44)72-62/h1-29,31-38,46H,30H2. The van der Waals surface area contributed by atoms with E-state index in [9.17, 15) is 0 Å². The lowest BCUT2D eigenvalue weighted by Crippen LogP contribution is -2.19. The third kappa shape index (κ3) is 5.02. The van der Waals surface area contributed by atoms with Gasteiger partial charge in [-0.1, -0.05) is 121 Å². The van der Waals surface area contributed by atoms with Gasteiger partial charge >= 0.3 is 0 Å². The molecule has 0 saturated heterocycles. The largest absolute Gasteiger partial charge is 0.456 e. The van der Waals surface area contributed by atoms with Gasteiger partial charge in [-0.2, -0.15) is 0 Å². The molecule has 0 N–H and O–H groups in total. The van der Waals surface area contributed by atoms with Crippen LogP contribution in [0.4, 0.5) is 28.4 Å². The van der Waals surface area contributed by atoms with Gasteiger partial charge in [0.05, 0.1) is 39.1 Å². The average molecular weight is 921 g/mol. The molecule has 1 aliphatic carbocycles. The molecule has 5 aromatic heterocycles. The second-order valence-electron chi connectivity index (χ2n) is 19.5. The highest BCUT2D eigenvalue weighted by Gasteiger charge is 2.40. The highest BCUT2D eigenvalue weighted by molar-refractivity contribution is 6.28. The predicted octanol–water partition coefficient (Wildman–Crippen LogP) is 18.1. The smallest absolute Gasteiger partial charge is 0.135 e. The van der Waals surface area contributed by atoms with Crippen LogP contribution in [0.1, 0.15) is 29.2 Å². The van der Waals surface area contributed by atoms with Gasteiger partial charge < -0.3 is 27.6 Å². The van der Waals surface area contributed by atoms with E-state index in [1.807, 2.05) is 12.1 Å². The van der Waals surface area contributed by atoms with Crippen molar-refractivity contribution >= 4 is 127 Å². The van der Waals surface area contributed by atoms with E-state index in [1.165, 1.54) is 77.2 Å². The number of aromatic nitrogens is 2. The van der Waals surface area contributed by atoms with Crippen molar-refractivity contribution in [3.63, 3.8) is 0 Å². The summed E-state index contributed by atoms with van der Waals surface area (Å²) in [4.78, 5) is 4.90. The van der Waals surface area contributed by atoms with Crippen LogP contribution in [0.25, 0.3) is 104 Å². The molecule has 1 atom stereocenters. The Bertz CT molecular complexity index is 4800. The molecule has 0 spiro atoms. The van der Waals surface area contributed by atoms with E-state index in [-0.39, 0.29) is 5.92 Å². The number of benzene rings is 10. The van der Waals surface area contributed by atoms with Crippen molar-refractivity contribution in [3.05, 3.63) is 241 Å². The van der Waals surface area contributed by atoms with E-state index >= 15 is 0 Å². The summed E-state index contributed by atoms with van der Waals surface area (Å²) in [6, 6.07) is 79.3. The summed E-state index contributed by atoms with van der Waals surface area (Å²) in [5.41, 5.74) is 20.5. The van der Waals surface area contributed by atoms with Crippen LogP contribution in [0.3, 0.4) is 0 Å². The van der Waals surface area contributed by atoms with Crippen molar-refractivity contribution in [2.45, 2.75) is 12.3 Å². The molecular formula is C66H40N4O2. The Kier molecular flexibility index (Phi) is 7.49. The van der Waals surface area contributed by atoms with Gasteiger partial charge in [-0.05, 0) is 115 Å². The molecule has 6 heterocycles. The molecule has 10 aromatic carbocycles. The fourth-order valence-corrected chi connectivity index (χ4v) is 13.0. The third-order valence-corrected chi connectivity index (χ3v) is 15.9. The highest BCUT2D eigenvalue weighted by atomic mass is 16.3. The maximum Gasteiger partial charge on any atom is 0.135 e.